The minimum absolute atomic E-state index is 0.167. The average Bonchev–Trinajstić information content (AvgIpc) is 2.96. The van der Waals surface area contributed by atoms with E-state index < -0.39 is 35.6 Å². The van der Waals surface area contributed by atoms with Crippen molar-refractivity contribution in [2.45, 2.75) is 38.8 Å². The Hall–Kier alpha value is -3.62. The number of ether oxygens (including phenoxy) is 1. The molecule has 164 valence electrons. The zero-order valence-electron chi connectivity index (χ0n) is 17.7. The number of urea groups is 1. The molecule has 3 N–H and O–H groups in total. The van der Waals surface area contributed by atoms with Crippen molar-refractivity contribution >= 4 is 40.4 Å². The maximum Gasteiger partial charge on any atom is 0.407 e. The van der Waals surface area contributed by atoms with Gasteiger partial charge in [-0.1, -0.05) is 36.4 Å². The summed E-state index contributed by atoms with van der Waals surface area (Å²) in [5, 5.41) is 9.39. The van der Waals surface area contributed by atoms with Crippen molar-refractivity contribution in [2.75, 3.05) is 18.0 Å². The molecule has 0 spiro atoms. The Balaban J connectivity index is 1.54. The van der Waals surface area contributed by atoms with Gasteiger partial charge in [0.1, 0.15) is 11.6 Å². The number of fused-ring (bicyclic) bond motifs is 1. The topological polar surface area (TPSA) is 117 Å². The second-order valence-corrected chi connectivity index (χ2v) is 8.16. The third kappa shape index (κ3) is 5.50. The number of amides is 5. The summed E-state index contributed by atoms with van der Waals surface area (Å²) >= 11 is 0. The maximum absolute atomic E-state index is 12.8. The summed E-state index contributed by atoms with van der Waals surface area (Å²) in [5.74, 6) is -0.896. The standard InChI is InChI=1S/C22H26N4O5/c1-22(2,3)31-21(30)24-12-11-23-18(27)13-16-19(28)26(20(29)25-16)17-10-6-8-14-7-4-5-9-15(14)17/h4-10,16H,11-13H2,1-3H3,(H,23,27)(H,24,30)(H,25,29). The molecule has 0 radical (unpaired) electrons. The Morgan fingerprint density at radius 2 is 1.71 bits per heavy atom. The molecule has 9 nitrogen and oxygen atoms in total. The largest absolute Gasteiger partial charge is 0.444 e. The molecular weight excluding hydrogens is 400 g/mol. The van der Waals surface area contributed by atoms with Crippen LogP contribution in [0.15, 0.2) is 42.5 Å². The van der Waals surface area contributed by atoms with Gasteiger partial charge in [0.15, 0.2) is 0 Å². The molecule has 1 unspecified atom stereocenters. The monoisotopic (exact) mass is 426 g/mol. The van der Waals surface area contributed by atoms with Gasteiger partial charge in [-0.05, 0) is 32.2 Å². The Labute approximate surface area is 180 Å². The van der Waals surface area contributed by atoms with Crippen LogP contribution >= 0.6 is 0 Å². The Morgan fingerprint density at radius 3 is 2.45 bits per heavy atom. The SMILES string of the molecule is CC(C)(C)OC(=O)NCCNC(=O)CC1NC(=O)N(c2cccc3ccccc23)C1=O. The van der Waals surface area contributed by atoms with Crippen LogP contribution in [0.4, 0.5) is 15.3 Å². The lowest BCUT2D eigenvalue weighted by atomic mass is 10.1. The number of hydrogen-bond acceptors (Lipinski definition) is 5. The van der Waals surface area contributed by atoms with Crippen molar-refractivity contribution in [2.24, 2.45) is 0 Å². The van der Waals surface area contributed by atoms with Crippen LogP contribution in [0.2, 0.25) is 0 Å². The number of imide groups is 1. The lowest BCUT2D eigenvalue weighted by Gasteiger charge is -2.19. The molecule has 1 aliphatic heterocycles. The van der Waals surface area contributed by atoms with Crippen LogP contribution in [0.25, 0.3) is 10.8 Å². The van der Waals surface area contributed by atoms with E-state index in [1.165, 1.54) is 0 Å². The zero-order chi connectivity index (χ0) is 22.6. The zero-order valence-corrected chi connectivity index (χ0v) is 17.7. The second-order valence-electron chi connectivity index (χ2n) is 8.16. The highest BCUT2D eigenvalue weighted by molar-refractivity contribution is 6.24. The summed E-state index contributed by atoms with van der Waals surface area (Å²) in [6.45, 7) is 5.60. The fourth-order valence-electron chi connectivity index (χ4n) is 3.24. The number of carbonyl (C=O) groups is 4. The number of rotatable bonds is 6. The molecule has 31 heavy (non-hydrogen) atoms. The van der Waals surface area contributed by atoms with Gasteiger partial charge < -0.3 is 20.7 Å². The summed E-state index contributed by atoms with van der Waals surface area (Å²) in [4.78, 5) is 50.2. The first-order valence-corrected chi connectivity index (χ1v) is 10.0. The molecule has 3 rings (SSSR count). The van der Waals surface area contributed by atoms with Crippen LogP contribution in [-0.4, -0.2) is 48.7 Å². The minimum atomic E-state index is -0.953. The highest BCUT2D eigenvalue weighted by Crippen LogP contribution is 2.29. The molecule has 0 bridgehead atoms. The van der Waals surface area contributed by atoms with Crippen LogP contribution in [0.3, 0.4) is 0 Å². The number of anilines is 1. The molecule has 2 aromatic carbocycles. The molecule has 1 atom stereocenters. The quantitative estimate of drug-likeness (QED) is 0.484. The van der Waals surface area contributed by atoms with Crippen LogP contribution in [-0.2, 0) is 14.3 Å². The number of alkyl carbamates (subject to hydrolysis) is 1. The van der Waals surface area contributed by atoms with Crippen LogP contribution in [0.5, 0.6) is 0 Å². The lowest BCUT2D eigenvalue weighted by molar-refractivity contribution is -0.125. The fraction of sp³-hybridized carbons (Fsp3) is 0.364. The van der Waals surface area contributed by atoms with Crippen LogP contribution in [0.1, 0.15) is 27.2 Å². The van der Waals surface area contributed by atoms with Gasteiger partial charge in [0.05, 0.1) is 12.1 Å². The number of nitrogens with one attached hydrogen (secondary N) is 3. The van der Waals surface area contributed by atoms with Crippen molar-refractivity contribution < 1.29 is 23.9 Å². The Kier molecular flexibility index (Phi) is 6.43. The van der Waals surface area contributed by atoms with E-state index in [0.29, 0.717) is 5.69 Å². The summed E-state index contributed by atoms with van der Waals surface area (Å²) in [6.07, 6.45) is -0.774. The molecule has 1 aliphatic rings. The van der Waals surface area contributed by atoms with Gasteiger partial charge in [-0.3, -0.25) is 9.59 Å². The molecule has 1 heterocycles. The minimum Gasteiger partial charge on any atom is -0.444 e. The predicted molar refractivity (Wildman–Crippen MR) is 116 cm³/mol. The van der Waals surface area contributed by atoms with Gasteiger partial charge in [-0.15, -0.1) is 0 Å². The van der Waals surface area contributed by atoms with Gasteiger partial charge in [0.2, 0.25) is 5.91 Å². The maximum atomic E-state index is 12.8. The normalized spacial score (nSPS) is 16.2. The number of carbonyl (C=O) groups excluding carboxylic acids is 4. The predicted octanol–water partition coefficient (Wildman–Crippen LogP) is 2.30. The van der Waals surface area contributed by atoms with E-state index in [4.69, 9.17) is 4.74 Å². The van der Waals surface area contributed by atoms with Gasteiger partial charge >= 0.3 is 12.1 Å². The van der Waals surface area contributed by atoms with E-state index in [0.717, 1.165) is 15.7 Å². The van der Waals surface area contributed by atoms with E-state index in [2.05, 4.69) is 16.0 Å². The molecule has 9 heteroatoms. The number of benzene rings is 2. The fourth-order valence-corrected chi connectivity index (χ4v) is 3.24. The molecule has 0 aromatic heterocycles. The third-order valence-corrected chi connectivity index (χ3v) is 4.53. The number of hydrogen-bond donors (Lipinski definition) is 3. The van der Waals surface area contributed by atoms with Crippen molar-refractivity contribution in [3.05, 3.63) is 42.5 Å². The van der Waals surface area contributed by atoms with Crippen molar-refractivity contribution in [3.63, 3.8) is 0 Å². The molecular formula is C22H26N4O5. The highest BCUT2D eigenvalue weighted by atomic mass is 16.6. The smallest absolute Gasteiger partial charge is 0.407 e. The van der Waals surface area contributed by atoms with Crippen molar-refractivity contribution in [1.82, 2.24) is 16.0 Å². The van der Waals surface area contributed by atoms with Gasteiger partial charge in [0, 0.05) is 18.5 Å². The van der Waals surface area contributed by atoms with Gasteiger partial charge in [0.25, 0.3) is 5.91 Å². The second kappa shape index (κ2) is 9.03. The summed E-state index contributed by atoms with van der Waals surface area (Å²) in [7, 11) is 0. The Bertz CT molecular complexity index is 1010. The molecule has 0 aliphatic carbocycles. The number of nitrogens with zero attached hydrogens (tertiary/aromatic N) is 1. The van der Waals surface area contributed by atoms with Gasteiger partial charge in [-0.2, -0.15) is 0 Å². The molecule has 1 fully saturated rings. The van der Waals surface area contributed by atoms with E-state index in [1.807, 2.05) is 30.3 Å². The first kappa shape index (κ1) is 22.1. The first-order valence-electron chi connectivity index (χ1n) is 10.0. The summed E-state index contributed by atoms with van der Waals surface area (Å²) < 4.78 is 5.10. The van der Waals surface area contributed by atoms with Crippen molar-refractivity contribution in [3.8, 4) is 0 Å². The van der Waals surface area contributed by atoms with Crippen LogP contribution in [0, 0.1) is 0 Å². The molecule has 0 saturated carbocycles. The van der Waals surface area contributed by atoms with E-state index in [-0.39, 0.29) is 19.5 Å². The summed E-state index contributed by atoms with van der Waals surface area (Å²) in [5.41, 5.74) is -0.130. The van der Waals surface area contributed by atoms with E-state index >= 15 is 0 Å². The average molecular weight is 426 g/mol. The summed E-state index contributed by atoms with van der Waals surface area (Å²) in [6, 6.07) is 11.3. The van der Waals surface area contributed by atoms with Gasteiger partial charge in [-0.25, -0.2) is 14.5 Å². The van der Waals surface area contributed by atoms with Crippen LogP contribution < -0.4 is 20.9 Å². The Morgan fingerprint density at radius 1 is 1.03 bits per heavy atom. The molecule has 5 amide bonds. The van der Waals surface area contributed by atoms with E-state index in [1.54, 1.807) is 32.9 Å². The molecule has 1 saturated heterocycles. The molecule has 2 aromatic rings. The third-order valence-electron chi connectivity index (χ3n) is 4.53. The highest BCUT2D eigenvalue weighted by Gasteiger charge is 2.40. The lowest BCUT2D eigenvalue weighted by Crippen LogP contribution is -2.40. The van der Waals surface area contributed by atoms with E-state index in [9.17, 15) is 19.2 Å². The van der Waals surface area contributed by atoms with Crippen molar-refractivity contribution in [1.29, 1.82) is 0 Å². The first-order chi connectivity index (χ1) is 14.7.